The van der Waals surface area contributed by atoms with Crippen LogP contribution in [-0.4, -0.2) is 38.9 Å². The Labute approximate surface area is 140 Å². The fourth-order valence-corrected chi connectivity index (χ4v) is 1.99. The highest BCUT2D eigenvalue weighted by Gasteiger charge is 1.99. The fourth-order valence-electron chi connectivity index (χ4n) is 1.99. The Morgan fingerprint density at radius 3 is 2.74 bits per heavy atom. The summed E-state index contributed by atoms with van der Waals surface area (Å²) < 4.78 is 11.0. The first-order valence-electron chi connectivity index (χ1n) is 8.61. The van der Waals surface area contributed by atoms with Crippen molar-refractivity contribution in [2.45, 2.75) is 40.2 Å². The Kier molecular flexibility index (Phi) is 10.7. The first-order chi connectivity index (χ1) is 11.3. The van der Waals surface area contributed by atoms with Crippen LogP contribution in [0.25, 0.3) is 0 Å². The van der Waals surface area contributed by atoms with Crippen LogP contribution in [0.5, 0.6) is 5.75 Å². The van der Waals surface area contributed by atoms with E-state index >= 15 is 0 Å². The molecule has 23 heavy (non-hydrogen) atoms. The highest BCUT2D eigenvalue weighted by atomic mass is 16.5. The third-order valence-corrected chi connectivity index (χ3v) is 3.10. The third kappa shape index (κ3) is 9.08. The lowest BCUT2D eigenvalue weighted by molar-refractivity contribution is 0.145. The van der Waals surface area contributed by atoms with Gasteiger partial charge >= 0.3 is 0 Å². The zero-order valence-corrected chi connectivity index (χ0v) is 14.7. The molecule has 0 radical (unpaired) electrons. The van der Waals surface area contributed by atoms with Gasteiger partial charge in [0.25, 0.3) is 0 Å². The molecule has 0 heterocycles. The Balaban J connectivity index is 2.48. The van der Waals surface area contributed by atoms with Crippen molar-refractivity contribution in [1.82, 2.24) is 10.6 Å². The minimum atomic E-state index is 0.629. The molecule has 0 unspecified atom stereocenters. The second-order valence-electron chi connectivity index (χ2n) is 5.17. The van der Waals surface area contributed by atoms with Crippen molar-refractivity contribution in [3.63, 3.8) is 0 Å². The minimum Gasteiger partial charge on any atom is -0.494 e. The Morgan fingerprint density at radius 1 is 1.13 bits per heavy atom. The van der Waals surface area contributed by atoms with E-state index in [2.05, 4.69) is 41.6 Å². The molecule has 0 spiro atoms. The second kappa shape index (κ2) is 12.8. The molecule has 5 heteroatoms. The van der Waals surface area contributed by atoms with Crippen molar-refractivity contribution in [2.24, 2.45) is 4.99 Å². The fraction of sp³-hybridized carbons (Fsp3) is 0.611. The minimum absolute atomic E-state index is 0.629. The van der Waals surface area contributed by atoms with Crippen molar-refractivity contribution in [3.05, 3.63) is 29.8 Å². The van der Waals surface area contributed by atoms with Gasteiger partial charge < -0.3 is 20.1 Å². The highest BCUT2D eigenvalue weighted by molar-refractivity contribution is 5.79. The van der Waals surface area contributed by atoms with Gasteiger partial charge in [0.15, 0.2) is 5.96 Å². The van der Waals surface area contributed by atoms with E-state index in [0.29, 0.717) is 6.54 Å². The smallest absolute Gasteiger partial charge is 0.191 e. The summed E-state index contributed by atoms with van der Waals surface area (Å²) in [4.78, 5) is 4.62. The maximum absolute atomic E-state index is 5.66. The average Bonchev–Trinajstić information content (AvgIpc) is 2.58. The van der Waals surface area contributed by atoms with Gasteiger partial charge in [0.05, 0.1) is 13.2 Å². The number of ether oxygens (including phenoxy) is 2. The zero-order valence-electron chi connectivity index (χ0n) is 14.7. The zero-order chi connectivity index (χ0) is 16.8. The molecular weight excluding hydrogens is 290 g/mol. The first-order valence-corrected chi connectivity index (χ1v) is 8.61. The lowest BCUT2D eigenvalue weighted by Crippen LogP contribution is -2.38. The summed E-state index contributed by atoms with van der Waals surface area (Å²) >= 11 is 0. The Hall–Kier alpha value is -1.75. The summed E-state index contributed by atoms with van der Waals surface area (Å²) in [7, 11) is 0. The van der Waals surface area contributed by atoms with Crippen LogP contribution in [0.4, 0.5) is 0 Å². The number of hydrogen-bond donors (Lipinski definition) is 2. The summed E-state index contributed by atoms with van der Waals surface area (Å²) in [5, 5.41) is 6.59. The van der Waals surface area contributed by atoms with E-state index in [1.54, 1.807) is 0 Å². The molecule has 0 amide bonds. The second-order valence-corrected chi connectivity index (χ2v) is 5.17. The van der Waals surface area contributed by atoms with Gasteiger partial charge in [0.1, 0.15) is 5.75 Å². The van der Waals surface area contributed by atoms with Crippen LogP contribution < -0.4 is 15.4 Å². The molecular formula is C18H31N3O2. The molecule has 0 saturated carbocycles. The number of rotatable bonds is 11. The van der Waals surface area contributed by atoms with Crippen LogP contribution in [0.1, 0.15) is 39.2 Å². The molecule has 0 saturated heterocycles. The van der Waals surface area contributed by atoms with E-state index in [1.807, 2.05) is 19.1 Å². The van der Waals surface area contributed by atoms with Crippen LogP contribution in [0.3, 0.4) is 0 Å². The highest BCUT2D eigenvalue weighted by Crippen LogP contribution is 2.14. The maximum Gasteiger partial charge on any atom is 0.191 e. The number of aliphatic imine (C=N–C) groups is 1. The normalized spacial score (nSPS) is 11.3. The van der Waals surface area contributed by atoms with E-state index in [-0.39, 0.29) is 0 Å². The Morgan fingerprint density at radius 2 is 2.00 bits per heavy atom. The van der Waals surface area contributed by atoms with E-state index in [9.17, 15) is 0 Å². The third-order valence-electron chi connectivity index (χ3n) is 3.10. The van der Waals surface area contributed by atoms with Crippen LogP contribution in [0.2, 0.25) is 0 Å². The number of benzene rings is 1. The first kappa shape index (κ1) is 19.3. The predicted molar refractivity (Wildman–Crippen MR) is 96.2 cm³/mol. The van der Waals surface area contributed by atoms with Crippen LogP contribution in [-0.2, 0) is 11.3 Å². The molecule has 1 rings (SSSR count). The molecule has 1 aromatic rings. The number of guanidine groups is 1. The van der Waals surface area contributed by atoms with Crippen molar-refractivity contribution in [1.29, 1.82) is 0 Å². The molecule has 0 aliphatic rings. The maximum atomic E-state index is 5.66. The topological polar surface area (TPSA) is 54.9 Å². The predicted octanol–water partition coefficient (Wildman–Crippen LogP) is 2.96. The Bertz CT molecular complexity index is 450. The van der Waals surface area contributed by atoms with Gasteiger partial charge in [0.2, 0.25) is 0 Å². The largest absolute Gasteiger partial charge is 0.494 e. The van der Waals surface area contributed by atoms with Gasteiger partial charge in [-0.2, -0.15) is 0 Å². The molecule has 0 atom stereocenters. The molecule has 0 aliphatic heterocycles. The molecule has 5 nitrogen and oxygen atoms in total. The van der Waals surface area contributed by atoms with Gasteiger partial charge in [0, 0.05) is 26.3 Å². The standard InChI is InChI=1S/C18H31N3O2/c1-4-12-23-17-10-7-9-16(14-17)15-21-18(19-5-2)20-11-8-13-22-6-3/h7,9-10,14H,4-6,8,11-13,15H2,1-3H3,(H2,19,20,21). The number of hydrogen-bond acceptors (Lipinski definition) is 3. The summed E-state index contributed by atoms with van der Waals surface area (Å²) in [6.07, 6.45) is 1.98. The lowest BCUT2D eigenvalue weighted by Gasteiger charge is -2.11. The van der Waals surface area contributed by atoms with E-state index < -0.39 is 0 Å². The van der Waals surface area contributed by atoms with Crippen molar-refractivity contribution < 1.29 is 9.47 Å². The number of nitrogens with one attached hydrogen (secondary N) is 2. The summed E-state index contributed by atoms with van der Waals surface area (Å²) in [5.74, 6) is 1.75. The van der Waals surface area contributed by atoms with Crippen LogP contribution in [0.15, 0.2) is 29.3 Å². The van der Waals surface area contributed by atoms with Crippen LogP contribution >= 0.6 is 0 Å². The summed E-state index contributed by atoms with van der Waals surface area (Å²) in [6, 6.07) is 8.12. The van der Waals surface area contributed by atoms with Gasteiger partial charge in [-0.05, 0) is 44.4 Å². The van der Waals surface area contributed by atoms with E-state index in [1.165, 1.54) is 0 Å². The molecule has 130 valence electrons. The van der Waals surface area contributed by atoms with Crippen molar-refractivity contribution in [2.75, 3.05) is 32.9 Å². The van der Waals surface area contributed by atoms with E-state index in [0.717, 1.165) is 63.0 Å². The molecule has 0 aromatic heterocycles. The van der Waals surface area contributed by atoms with Gasteiger partial charge in [-0.15, -0.1) is 0 Å². The molecule has 0 aliphatic carbocycles. The quantitative estimate of drug-likeness (QED) is 0.374. The molecule has 0 fully saturated rings. The lowest BCUT2D eigenvalue weighted by atomic mass is 10.2. The molecule has 0 bridgehead atoms. The molecule has 2 N–H and O–H groups in total. The van der Waals surface area contributed by atoms with E-state index in [4.69, 9.17) is 9.47 Å². The van der Waals surface area contributed by atoms with Gasteiger partial charge in [-0.25, -0.2) is 4.99 Å². The average molecular weight is 321 g/mol. The van der Waals surface area contributed by atoms with Crippen molar-refractivity contribution in [3.8, 4) is 5.75 Å². The summed E-state index contributed by atoms with van der Waals surface area (Å²) in [6.45, 7) is 10.8. The van der Waals surface area contributed by atoms with Gasteiger partial charge in [-0.3, -0.25) is 0 Å². The van der Waals surface area contributed by atoms with Crippen LogP contribution in [0, 0.1) is 0 Å². The van der Waals surface area contributed by atoms with Gasteiger partial charge in [-0.1, -0.05) is 19.1 Å². The van der Waals surface area contributed by atoms with Crippen molar-refractivity contribution >= 4 is 5.96 Å². The monoisotopic (exact) mass is 321 g/mol. The summed E-state index contributed by atoms with van der Waals surface area (Å²) in [5.41, 5.74) is 1.14. The SMILES string of the molecule is CCCOc1cccc(CN=C(NCC)NCCCOCC)c1. The number of nitrogens with zero attached hydrogens (tertiary/aromatic N) is 1. The molecule has 1 aromatic carbocycles.